The van der Waals surface area contributed by atoms with Crippen molar-refractivity contribution in [3.63, 3.8) is 0 Å². The quantitative estimate of drug-likeness (QED) is 0.328. The minimum atomic E-state index is -3.68. The largest absolute Gasteiger partial charge is 0.373 e. The lowest BCUT2D eigenvalue weighted by Gasteiger charge is -2.31. The van der Waals surface area contributed by atoms with Gasteiger partial charge in [-0.2, -0.15) is 18.2 Å². The monoisotopic (exact) mass is 742 g/mol. The summed E-state index contributed by atoms with van der Waals surface area (Å²) in [7, 11) is -7.34. The van der Waals surface area contributed by atoms with Gasteiger partial charge in [-0.25, -0.2) is 34.4 Å². The highest BCUT2D eigenvalue weighted by Crippen LogP contribution is 2.41. The van der Waals surface area contributed by atoms with Gasteiger partial charge >= 0.3 is 6.15 Å². The Morgan fingerprint density at radius 2 is 1.07 bits per heavy atom. The summed E-state index contributed by atoms with van der Waals surface area (Å²) in [6.45, 7) is 10.9. The fourth-order valence-electron chi connectivity index (χ4n) is 5.08. The molecule has 2 heterocycles. The Kier molecular flexibility index (Phi) is 12.8. The normalized spacial score (nSPS) is 23.0. The second kappa shape index (κ2) is 14.7. The summed E-state index contributed by atoms with van der Waals surface area (Å²) in [5, 5.41) is 0. The fraction of sp³-hybridized carbons (Fsp3) is 0.567. The van der Waals surface area contributed by atoms with Crippen molar-refractivity contribution < 1.29 is 44.0 Å². The molecule has 0 saturated carbocycles. The first-order valence-corrected chi connectivity index (χ1v) is 17.7. The van der Waals surface area contributed by atoms with E-state index in [4.69, 9.17) is 9.59 Å². The van der Waals surface area contributed by atoms with Crippen LogP contribution in [0.5, 0.6) is 0 Å². The Hall–Kier alpha value is -2.16. The van der Waals surface area contributed by atoms with Crippen molar-refractivity contribution in [1.29, 1.82) is 0 Å². The maximum atomic E-state index is 13.8. The molecule has 2 aromatic rings. The van der Waals surface area contributed by atoms with Gasteiger partial charge in [0.15, 0.2) is 0 Å². The maximum Gasteiger partial charge on any atom is 0.373 e. The van der Waals surface area contributed by atoms with E-state index in [0.29, 0.717) is 21.2 Å². The fourth-order valence-corrected chi connectivity index (χ4v) is 8.77. The first-order valence-electron chi connectivity index (χ1n) is 14.0. The van der Waals surface area contributed by atoms with E-state index in [1.165, 1.54) is 32.9 Å². The summed E-state index contributed by atoms with van der Waals surface area (Å²) in [6, 6.07) is 7.25. The van der Waals surface area contributed by atoms with E-state index < -0.39 is 65.6 Å². The Balaban J connectivity index is 0.000000288. The zero-order chi connectivity index (χ0) is 34.7. The van der Waals surface area contributed by atoms with Crippen LogP contribution < -0.4 is 0 Å². The van der Waals surface area contributed by atoms with Crippen LogP contribution in [-0.4, -0.2) is 66.5 Å². The highest BCUT2D eigenvalue weighted by atomic mass is 79.9. The number of hydrogen-bond donors (Lipinski definition) is 0. The molecule has 0 amide bonds. The van der Waals surface area contributed by atoms with Crippen LogP contribution in [0.25, 0.3) is 0 Å². The number of rotatable bonds is 4. The van der Waals surface area contributed by atoms with Gasteiger partial charge in [0.25, 0.3) is 0 Å². The van der Waals surface area contributed by atoms with Crippen molar-refractivity contribution in [3.8, 4) is 0 Å². The average Bonchev–Trinajstić information content (AvgIpc) is 3.46. The van der Waals surface area contributed by atoms with Gasteiger partial charge in [0.05, 0.1) is 21.6 Å². The van der Waals surface area contributed by atoms with Crippen molar-refractivity contribution in [2.24, 2.45) is 0 Å². The standard InChI is InChI=1S/C15H21F2NO2S.C14H18BrF2NO2S.CO2/c1-10-5-11(7-12(16)6-10)14-8-13(17)9-18(14)21(19,20)15(2,3)4;1-14(2,3)21(19,20)18-8-12(17)7-13(18)9-4-10(15)6-11(16)5-9;2-1-3/h5-7,13-14H,8-9H2,1-4H3;4-6,12-13H,7-8H2,1-3H3;/t13-,14+;12-,13+;/m00./s1. The molecule has 2 aliphatic heterocycles. The number of aryl methyl sites for hydroxylation is 1. The zero-order valence-electron chi connectivity index (χ0n) is 26.2. The number of sulfonamides is 2. The van der Waals surface area contributed by atoms with Gasteiger partial charge < -0.3 is 0 Å². The summed E-state index contributed by atoms with van der Waals surface area (Å²) in [5.41, 5.74) is 1.68. The van der Waals surface area contributed by atoms with Gasteiger partial charge in [0, 0.05) is 30.4 Å². The Labute approximate surface area is 271 Å². The predicted molar refractivity (Wildman–Crippen MR) is 166 cm³/mol. The third-order valence-corrected chi connectivity index (χ3v) is 12.9. The number of carbonyl (C=O) groups excluding carboxylic acids is 2. The molecule has 2 aromatic carbocycles. The van der Waals surface area contributed by atoms with E-state index in [9.17, 15) is 34.4 Å². The van der Waals surface area contributed by atoms with Gasteiger partial charge in [-0.3, -0.25) is 0 Å². The summed E-state index contributed by atoms with van der Waals surface area (Å²) >= 11 is 3.18. The zero-order valence-corrected chi connectivity index (χ0v) is 29.4. The molecule has 0 aliphatic carbocycles. The Bertz CT molecular complexity index is 1450. The highest BCUT2D eigenvalue weighted by molar-refractivity contribution is 9.10. The van der Waals surface area contributed by atoms with Crippen molar-refractivity contribution in [2.75, 3.05) is 13.1 Å². The maximum absolute atomic E-state index is 13.8. The minimum Gasteiger partial charge on any atom is -0.246 e. The van der Waals surface area contributed by atoms with Gasteiger partial charge in [-0.15, -0.1) is 0 Å². The number of halogens is 5. The van der Waals surface area contributed by atoms with E-state index in [1.54, 1.807) is 60.6 Å². The van der Waals surface area contributed by atoms with Crippen LogP contribution >= 0.6 is 15.9 Å². The molecule has 4 rings (SSSR count). The number of benzene rings is 2. The summed E-state index contributed by atoms with van der Waals surface area (Å²) in [5.74, 6) is -0.907. The molecule has 0 aromatic heterocycles. The number of hydrogen-bond acceptors (Lipinski definition) is 6. The second-order valence-corrected chi connectivity index (χ2v) is 19.1. The van der Waals surface area contributed by atoms with Crippen LogP contribution in [-0.2, 0) is 29.6 Å². The van der Waals surface area contributed by atoms with E-state index in [1.807, 2.05) is 0 Å². The van der Waals surface area contributed by atoms with E-state index >= 15 is 0 Å². The molecule has 2 fully saturated rings. The van der Waals surface area contributed by atoms with Crippen molar-refractivity contribution in [1.82, 2.24) is 8.61 Å². The highest BCUT2D eigenvalue weighted by Gasteiger charge is 2.47. The van der Waals surface area contributed by atoms with Crippen LogP contribution in [0.4, 0.5) is 17.6 Å². The molecule has 0 spiro atoms. The van der Waals surface area contributed by atoms with Gasteiger partial charge in [0.1, 0.15) is 24.0 Å². The summed E-state index contributed by atoms with van der Waals surface area (Å²) < 4.78 is 106. The number of alkyl halides is 2. The second-order valence-electron chi connectivity index (χ2n) is 12.9. The number of nitrogens with zero attached hydrogens (tertiary/aromatic N) is 2. The van der Waals surface area contributed by atoms with Crippen molar-refractivity contribution >= 4 is 42.1 Å². The Morgan fingerprint density at radius 3 is 1.40 bits per heavy atom. The van der Waals surface area contributed by atoms with Crippen LogP contribution in [0.3, 0.4) is 0 Å². The van der Waals surface area contributed by atoms with Crippen molar-refractivity contribution in [2.45, 2.75) is 95.2 Å². The lowest BCUT2D eigenvalue weighted by atomic mass is 10.0. The molecule has 0 bridgehead atoms. The lowest BCUT2D eigenvalue weighted by Crippen LogP contribution is -2.43. The molecule has 15 heteroatoms. The summed E-state index contributed by atoms with van der Waals surface area (Å²) in [6.07, 6.45) is -2.10. The molecular formula is C30H39BrF4N2O6S2. The molecule has 252 valence electrons. The van der Waals surface area contributed by atoms with Crippen LogP contribution in [0.15, 0.2) is 40.9 Å². The summed E-state index contributed by atoms with van der Waals surface area (Å²) in [4.78, 5) is 16.2. The average molecular weight is 744 g/mol. The van der Waals surface area contributed by atoms with Crippen molar-refractivity contribution in [3.05, 3.63) is 69.2 Å². The molecule has 0 N–H and O–H groups in total. The molecule has 8 nitrogen and oxygen atoms in total. The molecule has 2 aliphatic rings. The van der Waals surface area contributed by atoms with Gasteiger partial charge in [-0.05, 0) is 95.5 Å². The minimum absolute atomic E-state index is 0.0468. The van der Waals surface area contributed by atoms with Crippen LogP contribution in [0, 0.1) is 18.6 Å². The molecule has 2 saturated heterocycles. The predicted octanol–water partition coefficient (Wildman–Crippen LogP) is 6.57. The van der Waals surface area contributed by atoms with Crippen LogP contribution in [0.1, 0.15) is 83.2 Å². The lowest BCUT2D eigenvalue weighted by molar-refractivity contribution is -0.191. The first-order chi connectivity index (χ1) is 20.5. The molecule has 4 atom stereocenters. The van der Waals surface area contributed by atoms with E-state index in [-0.39, 0.29) is 32.1 Å². The van der Waals surface area contributed by atoms with E-state index in [0.717, 1.165) is 0 Å². The van der Waals surface area contributed by atoms with Gasteiger partial charge in [-0.1, -0.05) is 22.0 Å². The third kappa shape index (κ3) is 9.45. The molecule has 0 unspecified atom stereocenters. The molecule has 0 radical (unpaired) electrons. The first kappa shape index (κ1) is 39.0. The topological polar surface area (TPSA) is 109 Å². The Morgan fingerprint density at radius 1 is 0.711 bits per heavy atom. The van der Waals surface area contributed by atoms with Gasteiger partial charge in [0.2, 0.25) is 20.0 Å². The molecular weight excluding hydrogens is 704 g/mol. The third-order valence-electron chi connectivity index (χ3n) is 7.29. The smallest absolute Gasteiger partial charge is 0.246 e. The van der Waals surface area contributed by atoms with Crippen LogP contribution in [0.2, 0.25) is 0 Å². The van der Waals surface area contributed by atoms with E-state index in [2.05, 4.69) is 15.9 Å². The molecule has 45 heavy (non-hydrogen) atoms. The SMILES string of the molecule is CC(C)(C)S(=O)(=O)N1C[C@@H](F)C[C@@H]1c1cc(F)cc(Br)c1.Cc1cc(F)cc([C@H]2C[C@H](F)CN2S(=O)(=O)C(C)(C)C)c1.O=C=O.